The van der Waals surface area contributed by atoms with Gasteiger partial charge in [0.25, 0.3) is 0 Å². The van der Waals surface area contributed by atoms with Crippen LogP contribution in [0.5, 0.6) is 0 Å². The quantitative estimate of drug-likeness (QED) is 0.589. The number of piperidine rings is 1. The monoisotopic (exact) mass is 450 g/mol. The number of rotatable bonds is 7. The number of benzene rings is 1. The van der Waals surface area contributed by atoms with E-state index < -0.39 is 0 Å². The molecule has 1 atom stereocenters. The molecule has 0 radical (unpaired) electrons. The number of aromatic nitrogens is 4. The Morgan fingerprint density at radius 1 is 1.12 bits per heavy atom. The second kappa shape index (κ2) is 9.95. The first-order valence-corrected chi connectivity index (χ1v) is 11.5. The van der Waals surface area contributed by atoms with Gasteiger partial charge < -0.3 is 10.2 Å². The molecule has 4 rings (SSSR count). The Hall–Kier alpha value is -3.20. The molecule has 32 heavy (non-hydrogen) atoms. The van der Waals surface area contributed by atoms with Crippen molar-refractivity contribution < 1.29 is 9.59 Å². The van der Waals surface area contributed by atoms with Crippen LogP contribution in [-0.2, 0) is 22.4 Å². The number of hydrogen-bond donors (Lipinski definition) is 1. The van der Waals surface area contributed by atoms with Crippen molar-refractivity contribution in [1.29, 1.82) is 0 Å². The summed E-state index contributed by atoms with van der Waals surface area (Å²) in [5.41, 5.74) is 2.86. The van der Waals surface area contributed by atoms with Crippen molar-refractivity contribution in [3.8, 4) is 0 Å². The molecular formula is C23H26N6O2S. The minimum atomic E-state index is -0.148. The molecule has 0 aliphatic carbocycles. The Morgan fingerprint density at radius 3 is 2.75 bits per heavy atom. The largest absolute Gasteiger partial charge is 0.354 e. The minimum absolute atomic E-state index is 0.127. The number of amides is 1. The number of anilines is 2. The second-order valence-corrected chi connectivity index (χ2v) is 9.19. The zero-order valence-corrected chi connectivity index (χ0v) is 19.1. The van der Waals surface area contributed by atoms with Crippen LogP contribution in [0.4, 0.5) is 10.9 Å². The van der Waals surface area contributed by atoms with E-state index in [-0.39, 0.29) is 24.0 Å². The number of carbonyl (C=O) groups is 2. The standard InChI is InChI=1S/C23H26N6O2S/c1-15-5-3-6-17(11-15)12-20(31)13-19-8-9-21(26-25-19)29-10-4-7-18(14-29)22-27-28-23(32-22)24-16(2)30/h3,5-6,8-9,11,18H,4,7,10,12-14H2,1-2H3,(H,24,28,30). The molecule has 1 saturated heterocycles. The fourth-order valence-corrected chi connectivity index (χ4v) is 4.83. The summed E-state index contributed by atoms with van der Waals surface area (Å²) in [5.74, 6) is 1.02. The van der Waals surface area contributed by atoms with Crippen LogP contribution in [0.15, 0.2) is 36.4 Å². The van der Waals surface area contributed by atoms with Crippen LogP contribution in [0.1, 0.15) is 47.5 Å². The molecule has 1 aromatic carbocycles. The molecule has 1 unspecified atom stereocenters. The molecule has 0 spiro atoms. The molecule has 166 valence electrons. The van der Waals surface area contributed by atoms with E-state index in [2.05, 4.69) is 30.6 Å². The van der Waals surface area contributed by atoms with Crippen LogP contribution >= 0.6 is 11.3 Å². The van der Waals surface area contributed by atoms with Gasteiger partial charge in [0.15, 0.2) is 5.82 Å². The first kappa shape index (κ1) is 22.0. The van der Waals surface area contributed by atoms with Crippen molar-refractivity contribution in [2.45, 2.75) is 45.4 Å². The van der Waals surface area contributed by atoms with Crippen LogP contribution in [-0.4, -0.2) is 45.2 Å². The lowest BCUT2D eigenvalue weighted by atomic mass is 9.99. The molecule has 1 N–H and O–H groups in total. The topological polar surface area (TPSA) is 101 Å². The van der Waals surface area contributed by atoms with Gasteiger partial charge in [0, 0.05) is 32.4 Å². The third kappa shape index (κ3) is 5.73. The first-order chi connectivity index (χ1) is 15.5. The number of aryl methyl sites for hydroxylation is 1. The third-order valence-corrected chi connectivity index (χ3v) is 6.39. The maximum atomic E-state index is 12.4. The Kier molecular flexibility index (Phi) is 6.84. The Bertz CT molecular complexity index is 1100. The lowest BCUT2D eigenvalue weighted by Crippen LogP contribution is -2.35. The summed E-state index contributed by atoms with van der Waals surface area (Å²) in [4.78, 5) is 25.8. The highest BCUT2D eigenvalue weighted by atomic mass is 32.1. The van der Waals surface area contributed by atoms with Crippen LogP contribution in [0.25, 0.3) is 0 Å². The smallest absolute Gasteiger partial charge is 0.223 e. The molecule has 1 fully saturated rings. The molecule has 8 nitrogen and oxygen atoms in total. The van der Waals surface area contributed by atoms with Gasteiger partial charge in [0.05, 0.1) is 12.1 Å². The number of carbonyl (C=O) groups excluding carboxylic acids is 2. The molecule has 1 amide bonds. The van der Waals surface area contributed by atoms with Crippen molar-refractivity contribution >= 4 is 34.0 Å². The van der Waals surface area contributed by atoms with E-state index in [1.807, 2.05) is 43.3 Å². The maximum Gasteiger partial charge on any atom is 0.223 e. The zero-order chi connectivity index (χ0) is 22.5. The van der Waals surface area contributed by atoms with Crippen LogP contribution in [0, 0.1) is 6.92 Å². The average Bonchev–Trinajstić information content (AvgIpc) is 3.22. The van der Waals surface area contributed by atoms with E-state index in [4.69, 9.17) is 0 Å². The molecule has 0 bridgehead atoms. The normalized spacial score (nSPS) is 16.1. The molecule has 2 aromatic heterocycles. The van der Waals surface area contributed by atoms with Crippen molar-refractivity contribution in [2.24, 2.45) is 0 Å². The van der Waals surface area contributed by atoms with Crippen molar-refractivity contribution in [1.82, 2.24) is 20.4 Å². The average molecular weight is 451 g/mol. The molecule has 1 aliphatic heterocycles. The molecule has 1 aliphatic rings. The summed E-state index contributed by atoms with van der Waals surface area (Å²) in [6.45, 7) is 5.15. The number of ketones is 1. The predicted molar refractivity (Wildman–Crippen MR) is 124 cm³/mol. The number of nitrogens with zero attached hydrogens (tertiary/aromatic N) is 5. The lowest BCUT2D eigenvalue weighted by molar-refractivity contribution is -0.118. The van der Waals surface area contributed by atoms with Gasteiger partial charge in [-0.05, 0) is 37.5 Å². The van der Waals surface area contributed by atoms with Gasteiger partial charge in [-0.3, -0.25) is 9.59 Å². The van der Waals surface area contributed by atoms with E-state index in [0.717, 1.165) is 47.9 Å². The van der Waals surface area contributed by atoms with Crippen LogP contribution in [0.2, 0.25) is 0 Å². The van der Waals surface area contributed by atoms with Gasteiger partial charge in [-0.1, -0.05) is 41.2 Å². The second-order valence-electron chi connectivity index (χ2n) is 8.18. The summed E-state index contributed by atoms with van der Waals surface area (Å²) in [6, 6.07) is 11.8. The van der Waals surface area contributed by atoms with E-state index in [0.29, 0.717) is 17.2 Å². The zero-order valence-electron chi connectivity index (χ0n) is 18.2. The minimum Gasteiger partial charge on any atom is -0.354 e. The molecule has 3 aromatic rings. The van der Waals surface area contributed by atoms with Gasteiger partial charge >= 0.3 is 0 Å². The van der Waals surface area contributed by atoms with Crippen molar-refractivity contribution in [3.05, 3.63) is 58.2 Å². The number of Topliss-reactive ketones (excluding diaryl/α,β-unsaturated/α-hetero) is 1. The van der Waals surface area contributed by atoms with Crippen LogP contribution < -0.4 is 10.2 Å². The van der Waals surface area contributed by atoms with Gasteiger partial charge in [-0.15, -0.1) is 15.3 Å². The summed E-state index contributed by atoms with van der Waals surface area (Å²) >= 11 is 1.42. The fraction of sp³-hybridized carbons (Fsp3) is 0.391. The molecule has 9 heteroatoms. The van der Waals surface area contributed by atoms with E-state index in [1.165, 1.54) is 18.3 Å². The highest BCUT2D eigenvalue weighted by Gasteiger charge is 2.25. The van der Waals surface area contributed by atoms with E-state index in [1.54, 1.807) is 0 Å². The SMILES string of the molecule is CC(=O)Nc1nnc(C2CCCN(c3ccc(CC(=O)Cc4cccc(C)c4)nn3)C2)s1. The molecular weight excluding hydrogens is 424 g/mol. The lowest BCUT2D eigenvalue weighted by Gasteiger charge is -2.32. The molecule has 0 saturated carbocycles. The Labute approximate surface area is 191 Å². The number of nitrogens with one attached hydrogen (secondary N) is 1. The van der Waals surface area contributed by atoms with E-state index in [9.17, 15) is 9.59 Å². The van der Waals surface area contributed by atoms with Crippen molar-refractivity contribution in [2.75, 3.05) is 23.3 Å². The van der Waals surface area contributed by atoms with Gasteiger partial charge in [0.2, 0.25) is 11.0 Å². The summed E-state index contributed by atoms with van der Waals surface area (Å²) in [7, 11) is 0. The Morgan fingerprint density at radius 2 is 2.00 bits per heavy atom. The fourth-order valence-electron chi connectivity index (χ4n) is 3.92. The summed E-state index contributed by atoms with van der Waals surface area (Å²) in [5, 5.41) is 21.2. The third-order valence-electron chi connectivity index (χ3n) is 5.39. The van der Waals surface area contributed by atoms with E-state index >= 15 is 0 Å². The summed E-state index contributed by atoms with van der Waals surface area (Å²) in [6.07, 6.45) is 2.71. The highest BCUT2D eigenvalue weighted by Crippen LogP contribution is 2.32. The summed E-state index contributed by atoms with van der Waals surface area (Å²) < 4.78 is 0. The van der Waals surface area contributed by atoms with Crippen LogP contribution in [0.3, 0.4) is 0 Å². The maximum absolute atomic E-state index is 12.4. The highest BCUT2D eigenvalue weighted by molar-refractivity contribution is 7.15. The molecule has 3 heterocycles. The van der Waals surface area contributed by atoms with Gasteiger partial charge in [-0.2, -0.15) is 5.10 Å². The van der Waals surface area contributed by atoms with Gasteiger partial charge in [-0.25, -0.2) is 0 Å². The van der Waals surface area contributed by atoms with Crippen molar-refractivity contribution in [3.63, 3.8) is 0 Å². The van der Waals surface area contributed by atoms with Gasteiger partial charge in [0.1, 0.15) is 10.8 Å². The first-order valence-electron chi connectivity index (χ1n) is 10.7. The number of hydrogen-bond acceptors (Lipinski definition) is 8. The predicted octanol–water partition coefficient (Wildman–Crippen LogP) is 3.33. The Balaban J connectivity index is 1.35.